The van der Waals surface area contributed by atoms with Crippen LogP contribution in [0.3, 0.4) is 0 Å². The average molecular weight is 233 g/mol. The largest absolute Gasteiger partial charge is 0.354 e. The fourth-order valence-electron chi connectivity index (χ4n) is 1.73. The van der Waals surface area contributed by atoms with E-state index >= 15 is 0 Å². The van der Waals surface area contributed by atoms with E-state index in [9.17, 15) is 9.59 Å². The molecule has 0 unspecified atom stereocenters. The number of nitrogens with zero attached hydrogens (tertiary/aromatic N) is 1. The van der Waals surface area contributed by atoms with Gasteiger partial charge in [0.2, 0.25) is 5.91 Å². The molecule has 0 aliphatic carbocycles. The Kier molecular flexibility index (Phi) is 3.37. The molecule has 2 heterocycles. The molecule has 1 aliphatic heterocycles. The maximum atomic E-state index is 11.8. The van der Waals surface area contributed by atoms with Gasteiger partial charge >= 0.3 is 0 Å². The normalized spacial score (nSPS) is 19.6. The molecule has 0 aromatic carbocycles. The second kappa shape index (κ2) is 4.95. The summed E-state index contributed by atoms with van der Waals surface area (Å²) in [5, 5.41) is 5.61. The number of piperidine rings is 1. The van der Waals surface area contributed by atoms with Crippen molar-refractivity contribution in [3.63, 3.8) is 0 Å². The van der Waals surface area contributed by atoms with Gasteiger partial charge in [-0.3, -0.25) is 14.6 Å². The Hall–Kier alpha value is -1.91. The van der Waals surface area contributed by atoms with Gasteiger partial charge in [-0.15, -0.1) is 0 Å². The molecule has 1 saturated heterocycles. The number of rotatable bonds is 2. The number of hydrogen-bond acceptors (Lipinski definition) is 3. The highest BCUT2D eigenvalue weighted by atomic mass is 16.2. The summed E-state index contributed by atoms with van der Waals surface area (Å²) < 4.78 is 0. The van der Waals surface area contributed by atoms with Crippen LogP contribution in [-0.2, 0) is 4.79 Å². The molecule has 1 fully saturated rings. The Morgan fingerprint density at radius 3 is 2.94 bits per heavy atom. The molecule has 2 amide bonds. The fourth-order valence-corrected chi connectivity index (χ4v) is 1.73. The van der Waals surface area contributed by atoms with Crippen molar-refractivity contribution in [2.75, 3.05) is 6.54 Å². The standard InChI is InChI=1S/C12H15N3O2/c1-8-2-3-9(6-13-8)12(17)15-10-4-5-11(16)14-7-10/h2-3,6,10H,4-5,7H2,1H3,(H,14,16)(H,15,17)/t10-/m1/s1. The van der Waals surface area contributed by atoms with Crippen LogP contribution in [0.5, 0.6) is 0 Å². The molecule has 2 N–H and O–H groups in total. The number of pyridine rings is 1. The zero-order chi connectivity index (χ0) is 12.3. The SMILES string of the molecule is Cc1ccc(C(=O)N[C@@H]2CCC(=O)NC2)cn1. The van der Waals surface area contributed by atoms with Crippen LogP contribution < -0.4 is 10.6 Å². The molecule has 1 atom stereocenters. The van der Waals surface area contributed by atoms with Crippen molar-refractivity contribution < 1.29 is 9.59 Å². The van der Waals surface area contributed by atoms with E-state index in [2.05, 4.69) is 15.6 Å². The summed E-state index contributed by atoms with van der Waals surface area (Å²) in [4.78, 5) is 26.9. The lowest BCUT2D eigenvalue weighted by Gasteiger charge is -2.23. The highest BCUT2D eigenvalue weighted by Gasteiger charge is 2.20. The van der Waals surface area contributed by atoms with Crippen LogP contribution >= 0.6 is 0 Å². The Balaban J connectivity index is 1.93. The molecular formula is C12H15N3O2. The van der Waals surface area contributed by atoms with Crippen molar-refractivity contribution in [1.82, 2.24) is 15.6 Å². The molecule has 1 aromatic heterocycles. The summed E-state index contributed by atoms with van der Waals surface area (Å²) in [5.41, 5.74) is 1.43. The topological polar surface area (TPSA) is 71.1 Å². The Morgan fingerprint density at radius 2 is 2.35 bits per heavy atom. The number of aromatic nitrogens is 1. The summed E-state index contributed by atoms with van der Waals surface area (Å²) in [6, 6.07) is 3.57. The number of nitrogens with one attached hydrogen (secondary N) is 2. The van der Waals surface area contributed by atoms with Gasteiger partial charge in [0.25, 0.3) is 5.91 Å². The van der Waals surface area contributed by atoms with Gasteiger partial charge in [0, 0.05) is 30.9 Å². The van der Waals surface area contributed by atoms with Crippen LogP contribution in [0, 0.1) is 6.92 Å². The first-order valence-corrected chi connectivity index (χ1v) is 5.65. The fraction of sp³-hybridized carbons (Fsp3) is 0.417. The predicted molar refractivity (Wildman–Crippen MR) is 62.5 cm³/mol. The Labute approximate surface area is 99.6 Å². The minimum absolute atomic E-state index is 0.0153. The van der Waals surface area contributed by atoms with Crippen LogP contribution in [0.4, 0.5) is 0 Å². The summed E-state index contributed by atoms with van der Waals surface area (Å²) in [5.74, 6) is -0.0915. The minimum atomic E-state index is -0.140. The lowest BCUT2D eigenvalue weighted by Crippen LogP contribution is -2.47. The lowest BCUT2D eigenvalue weighted by atomic mass is 10.1. The van der Waals surface area contributed by atoms with Gasteiger partial charge in [0.15, 0.2) is 0 Å². The first kappa shape index (κ1) is 11.6. The van der Waals surface area contributed by atoms with Gasteiger partial charge in [-0.2, -0.15) is 0 Å². The second-order valence-electron chi connectivity index (χ2n) is 4.20. The van der Waals surface area contributed by atoms with E-state index in [0.29, 0.717) is 24.9 Å². The molecule has 0 saturated carbocycles. The third-order valence-electron chi connectivity index (χ3n) is 2.77. The van der Waals surface area contributed by atoms with Crippen LogP contribution in [-0.4, -0.2) is 29.4 Å². The van der Waals surface area contributed by atoms with E-state index in [1.165, 1.54) is 0 Å². The molecule has 5 nitrogen and oxygen atoms in total. The van der Waals surface area contributed by atoms with E-state index in [-0.39, 0.29) is 17.9 Å². The van der Waals surface area contributed by atoms with E-state index in [1.807, 2.05) is 6.92 Å². The maximum Gasteiger partial charge on any atom is 0.253 e. The smallest absolute Gasteiger partial charge is 0.253 e. The van der Waals surface area contributed by atoms with Crippen LogP contribution in [0.15, 0.2) is 18.3 Å². The molecule has 2 rings (SSSR count). The highest BCUT2D eigenvalue weighted by Crippen LogP contribution is 2.05. The number of hydrogen-bond donors (Lipinski definition) is 2. The van der Waals surface area contributed by atoms with Gasteiger partial charge in [0.1, 0.15) is 0 Å². The maximum absolute atomic E-state index is 11.8. The monoisotopic (exact) mass is 233 g/mol. The van der Waals surface area contributed by atoms with E-state index in [1.54, 1.807) is 18.3 Å². The highest BCUT2D eigenvalue weighted by molar-refractivity contribution is 5.94. The summed E-state index contributed by atoms with van der Waals surface area (Å²) in [6.45, 7) is 2.38. The summed E-state index contributed by atoms with van der Waals surface area (Å²) in [7, 11) is 0. The Bertz CT molecular complexity index is 418. The van der Waals surface area contributed by atoms with Gasteiger partial charge in [-0.25, -0.2) is 0 Å². The van der Waals surface area contributed by atoms with Crippen molar-refractivity contribution >= 4 is 11.8 Å². The van der Waals surface area contributed by atoms with Crippen LogP contribution in [0.1, 0.15) is 28.9 Å². The van der Waals surface area contributed by atoms with Gasteiger partial charge in [0.05, 0.1) is 5.56 Å². The molecule has 1 aliphatic rings. The van der Waals surface area contributed by atoms with Gasteiger partial charge < -0.3 is 10.6 Å². The minimum Gasteiger partial charge on any atom is -0.354 e. The first-order valence-electron chi connectivity index (χ1n) is 5.65. The Morgan fingerprint density at radius 1 is 1.53 bits per heavy atom. The van der Waals surface area contributed by atoms with Crippen molar-refractivity contribution in [2.24, 2.45) is 0 Å². The molecule has 17 heavy (non-hydrogen) atoms. The predicted octanol–water partition coefficient (Wildman–Crippen LogP) is 0.398. The van der Waals surface area contributed by atoms with Crippen molar-refractivity contribution in [1.29, 1.82) is 0 Å². The van der Waals surface area contributed by atoms with E-state index in [4.69, 9.17) is 0 Å². The molecule has 1 aromatic rings. The molecule has 0 spiro atoms. The zero-order valence-corrected chi connectivity index (χ0v) is 9.69. The summed E-state index contributed by atoms with van der Waals surface area (Å²) >= 11 is 0. The second-order valence-corrected chi connectivity index (χ2v) is 4.20. The number of aryl methyl sites for hydroxylation is 1. The van der Waals surface area contributed by atoms with Gasteiger partial charge in [-0.05, 0) is 25.5 Å². The number of carbonyl (C=O) groups excluding carboxylic acids is 2. The van der Waals surface area contributed by atoms with E-state index < -0.39 is 0 Å². The molecule has 5 heteroatoms. The zero-order valence-electron chi connectivity index (χ0n) is 9.69. The first-order chi connectivity index (χ1) is 8.15. The van der Waals surface area contributed by atoms with Crippen LogP contribution in [0.25, 0.3) is 0 Å². The number of amides is 2. The van der Waals surface area contributed by atoms with Crippen LogP contribution in [0.2, 0.25) is 0 Å². The van der Waals surface area contributed by atoms with Crippen molar-refractivity contribution in [2.45, 2.75) is 25.8 Å². The van der Waals surface area contributed by atoms with Crippen molar-refractivity contribution in [3.8, 4) is 0 Å². The van der Waals surface area contributed by atoms with E-state index in [0.717, 1.165) is 5.69 Å². The lowest BCUT2D eigenvalue weighted by molar-refractivity contribution is -0.122. The third-order valence-corrected chi connectivity index (χ3v) is 2.77. The summed E-state index contributed by atoms with van der Waals surface area (Å²) in [6.07, 6.45) is 2.72. The molecular weight excluding hydrogens is 218 g/mol. The molecule has 0 radical (unpaired) electrons. The average Bonchev–Trinajstić information content (AvgIpc) is 2.33. The third kappa shape index (κ3) is 3.03. The quantitative estimate of drug-likeness (QED) is 0.776. The number of carbonyl (C=O) groups is 2. The van der Waals surface area contributed by atoms with Crippen molar-refractivity contribution in [3.05, 3.63) is 29.6 Å². The molecule has 90 valence electrons. The molecule has 0 bridgehead atoms. The van der Waals surface area contributed by atoms with Gasteiger partial charge in [-0.1, -0.05) is 0 Å².